The summed E-state index contributed by atoms with van der Waals surface area (Å²) in [6.45, 7) is 3.25. The summed E-state index contributed by atoms with van der Waals surface area (Å²) in [5.41, 5.74) is -0.464. The Labute approximate surface area is 107 Å². The van der Waals surface area contributed by atoms with Crippen LogP contribution in [0.2, 0.25) is 0 Å². The van der Waals surface area contributed by atoms with Crippen molar-refractivity contribution in [2.24, 2.45) is 5.41 Å². The quantitative estimate of drug-likeness (QED) is 0.525. The van der Waals surface area contributed by atoms with Crippen LogP contribution in [0.15, 0.2) is 0 Å². The number of hydrogen-bond donors (Lipinski definition) is 4. The van der Waals surface area contributed by atoms with Gasteiger partial charge < -0.3 is 20.8 Å². The van der Waals surface area contributed by atoms with Gasteiger partial charge in [-0.05, 0) is 32.4 Å². The Balaban J connectivity index is 2.68. The molecule has 1 aliphatic heterocycles. The van der Waals surface area contributed by atoms with Gasteiger partial charge in [0.05, 0.1) is 5.41 Å². The van der Waals surface area contributed by atoms with Crippen LogP contribution in [0.5, 0.6) is 0 Å². The number of aliphatic carboxylic acids is 1. The summed E-state index contributed by atoms with van der Waals surface area (Å²) in [5.74, 6) is -1.30. The Bertz CT molecular complexity index is 300. The number of carboxylic acid groups (broad SMARTS) is 1. The van der Waals surface area contributed by atoms with E-state index in [0.717, 1.165) is 25.9 Å². The molecule has 0 spiro atoms. The maximum absolute atomic E-state index is 12.3. The van der Waals surface area contributed by atoms with Crippen molar-refractivity contribution in [1.29, 1.82) is 0 Å². The molecule has 1 saturated heterocycles. The number of nitrogens with one attached hydrogen (secondary N) is 2. The summed E-state index contributed by atoms with van der Waals surface area (Å²) in [5, 5.41) is 23.5. The maximum atomic E-state index is 12.3. The highest BCUT2D eigenvalue weighted by Gasteiger charge is 2.39. The van der Waals surface area contributed by atoms with Crippen molar-refractivity contribution >= 4 is 11.9 Å². The van der Waals surface area contributed by atoms with E-state index < -0.39 is 17.4 Å². The van der Waals surface area contributed by atoms with Crippen molar-refractivity contribution in [2.75, 3.05) is 19.7 Å². The first-order chi connectivity index (χ1) is 8.55. The predicted molar refractivity (Wildman–Crippen MR) is 66.1 cm³/mol. The largest absolute Gasteiger partial charge is 0.480 e. The SMILES string of the molecule is CCC1(C(=O)N[C@@H](CCO)C(=O)O)CCNCC1. The van der Waals surface area contributed by atoms with Crippen LogP contribution in [0.3, 0.4) is 0 Å². The molecule has 0 saturated carbocycles. The third-order valence-electron chi connectivity index (χ3n) is 3.74. The number of carbonyl (C=O) groups is 2. The van der Waals surface area contributed by atoms with Crippen LogP contribution in [0.1, 0.15) is 32.6 Å². The minimum absolute atomic E-state index is 0.0408. The van der Waals surface area contributed by atoms with Gasteiger partial charge in [-0.15, -0.1) is 0 Å². The van der Waals surface area contributed by atoms with E-state index in [0.29, 0.717) is 6.42 Å². The van der Waals surface area contributed by atoms with Gasteiger partial charge in [-0.1, -0.05) is 6.92 Å². The van der Waals surface area contributed by atoms with Gasteiger partial charge in [0, 0.05) is 13.0 Å². The number of carboxylic acids is 1. The minimum atomic E-state index is -1.10. The van der Waals surface area contributed by atoms with Crippen molar-refractivity contribution in [3.63, 3.8) is 0 Å². The molecule has 0 bridgehead atoms. The van der Waals surface area contributed by atoms with Crippen LogP contribution in [-0.2, 0) is 9.59 Å². The maximum Gasteiger partial charge on any atom is 0.326 e. The molecule has 1 aliphatic rings. The summed E-state index contributed by atoms with van der Waals surface area (Å²) in [7, 11) is 0. The number of carbonyl (C=O) groups excluding carboxylic acids is 1. The molecular weight excluding hydrogens is 236 g/mol. The number of amides is 1. The standard InChI is InChI=1S/C12H22N2O4/c1-2-12(4-6-13-7-5-12)11(18)14-9(3-8-15)10(16)17/h9,13,15H,2-8H2,1H3,(H,14,18)(H,16,17)/t9-/m0/s1. The van der Waals surface area contributed by atoms with Crippen LogP contribution < -0.4 is 10.6 Å². The van der Waals surface area contributed by atoms with Crippen molar-refractivity contribution in [3.05, 3.63) is 0 Å². The molecule has 0 radical (unpaired) electrons. The van der Waals surface area contributed by atoms with E-state index in [2.05, 4.69) is 10.6 Å². The van der Waals surface area contributed by atoms with Crippen molar-refractivity contribution in [3.8, 4) is 0 Å². The number of hydrogen-bond acceptors (Lipinski definition) is 4. The lowest BCUT2D eigenvalue weighted by Gasteiger charge is -2.36. The molecule has 0 aromatic carbocycles. The second kappa shape index (κ2) is 6.70. The molecule has 0 aromatic heterocycles. The van der Waals surface area contributed by atoms with E-state index in [4.69, 9.17) is 10.2 Å². The highest BCUT2D eigenvalue weighted by molar-refractivity contribution is 5.87. The molecule has 1 rings (SSSR count). The molecule has 1 heterocycles. The lowest BCUT2D eigenvalue weighted by molar-refractivity contribution is -0.145. The Kier molecular flexibility index (Phi) is 5.55. The fourth-order valence-corrected chi connectivity index (χ4v) is 2.34. The van der Waals surface area contributed by atoms with Gasteiger partial charge in [-0.3, -0.25) is 4.79 Å². The lowest BCUT2D eigenvalue weighted by atomic mass is 9.75. The van der Waals surface area contributed by atoms with Crippen LogP contribution in [0.25, 0.3) is 0 Å². The molecule has 6 nitrogen and oxygen atoms in total. The molecule has 1 fully saturated rings. The average molecular weight is 258 g/mol. The highest BCUT2D eigenvalue weighted by Crippen LogP contribution is 2.32. The molecular formula is C12H22N2O4. The molecule has 0 unspecified atom stereocenters. The first kappa shape index (κ1) is 14.9. The Morgan fingerprint density at radius 1 is 1.39 bits per heavy atom. The van der Waals surface area contributed by atoms with E-state index >= 15 is 0 Å². The topological polar surface area (TPSA) is 98.7 Å². The van der Waals surface area contributed by atoms with E-state index in [-0.39, 0.29) is 18.9 Å². The third kappa shape index (κ3) is 3.43. The third-order valence-corrected chi connectivity index (χ3v) is 3.74. The summed E-state index contributed by atoms with van der Waals surface area (Å²) < 4.78 is 0. The van der Waals surface area contributed by atoms with Crippen LogP contribution in [0, 0.1) is 5.41 Å². The van der Waals surface area contributed by atoms with Crippen LogP contribution >= 0.6 is 0 Å². The predicted octanol–water partition coefficient (Wildman–Crippen LogP) is -0.282. The van der Waals surface area contributed by atoms with Crippen molar-refractivity contribution in [2.45, 2.75) is 38.6 Å². The van der Waals surface area contributed by atoms with Gasteiger partial charge in [0.2, 0.25) is 5.91 Å². The lowest BCUT2D eigenvalue weighted by Crippen LogP contribution is -2.52. The fraction of sp³-hybridized carbons (Fsp3) is 0.833. The fourth-order valence-electron chi connectivity index (χ4n) is 2.34. The Hall–Kier alpha value is -1.14. The molecule has 6 heteroatoms. The van der Waals surface area contributed by atoms with Crippen molar-refractivity contribution < 1.29 is 19.8 Å². The van der Waals surface area contributed by atoms with Crippen LogP contribution in [0.4, 0.5) is 0 Å². The molecule has 0 aromatic rings. The Morgan fingerprint density at radius 3 is 2.44 bits per heavy atom. The zero-order chi connectivity index (χ0) is 13.6. The minimum Gasteiger partial charge on any atom is -0.480 e. The molecule has 1 amide bonds. The molecule has 4 N–H and O–H groups in total. The first-order valence-corrected chi connectivity index (χ1v) is 6.41. The van der Waals surface area contributed by atoms with Crippen LogP contribution in [-0.4, -0.2) is 47.8 Å². The smallest absolute Gasteiger partial charge is 0.326 e. The van der Waals surface area contributed by atoms with E-state index in [1.807, 2.05) is 6.92 Å². The molecule has 0 aliphatic carbocycles. The highest BCUT2D eigenvalue weighted by atomic mass is 16.4. The average Bonchev–Trinajstić information content (AvgIpc) is 2.38. The molecule has 104 valence electrons. The monoisotopic (exact) mass is 258 g/mol. The second-order valence-electron chi connectivity index (χ2n) is 4.76. The van der Waals surface area contributed by atoms with Gasteiger partial charge in [0.25, 0.3) is 0 Å². The number of piperidine rings is 1. The first-order valence-electron chi connectivity index (χ1n) is 6.41. The normalized spacial score (nSPS) is 20.1. The summed E-state index contributed by atoms with van der Waals surface area (Å²) >= 11 is 0. The van der Waals surface area contributed by atoms with E-state index in [1.165, 1.54) is 0 Å². The molecule has 1 atom stereocenters. The number of aliphatic hydroxyl groups excluding tert-OH is 1. The van der Waals surface area contributed by atoms with E-state index in [1.54, 1.807) is 0 Å². The van der Waals surface area contributed by atoms with Gasteiger partial charge >= 0.3 is 5.97 Å². The summed E-state index contributed by atoms with van der Waals surface area (Å²) in [6, 6.07) is -0.999. The van der Waals surface area contributed by atoms with Gasteiger partial charge in [-0.25, -0.2) is 4.79 Å². The Morgan fingerprint density at radius 2 is 2.00 bits per heavy atom. The van der Waals surface area contributed by atoms with Gasteiger partial charge in [0.15, 0.2) is 0 Å². The summed E-state index contributed by atoms with van der Waals surface area (Å²) in [4.78, 5) is 23.2. The number of aliphatic hydroxyl groups is 1. The number of rotatable bonds is 6. The van der Waals surface area contributed by atoms with Gasteiger partial charge in [0.1, 0.15) is 6.04 Å². The zero-order valence-electron chi connectivity index (χ0n) is 10.7. The summed E-state index contributed by atoms with van der Waals surface area (Å²) in [6.07, 6.45) is 2.19. The second-order valence-corrected chi connectivity index (χ2v) is 4.76. The van der Waals surface area contributed by atoms with Crippen molar-refractivity contribution in [1.82, 2.24) is 10.6 Å². The zero-order valence-corrected chi connectivity index (χ0v) is 10.7. The van der Waals surface area contributed by atoms with Gasteiger partial charge in [-0.2, -0.15) is 0 Å². The molecule has 18 heavy (non-hydrogen) atoms. The van der Waals surface area contributed by atoms with E-state index in [9.17, 15) is 9.59 Å².